The van der Waals surface area contributed by atoms with E-state index in [0.29, 0.717) is 13.1 Å². The van der Waals surface area contributed by atoms with Crippen LogP contribution in [0.3, 0.4) is 0 Å². The summed E-state index contributed by atoms with van der Waals surface area (Å²) in [7, 11) is 0. The maximum Gasteiger partial charge on any atom is 0.227 e. The molecule has 0 saturated heterocycles. The van der Waals surface area contributed by atoms with E-state index in [4.69, 9.17) is 0 Å². The van der Waals surface area contributed by atoms with Gasteiger partial charge in [0.15, 0.2) is 0 Å². The van der Waals surface area contributed by atoms with Gasteiger partial charge < -0.3 is 10.0 Å². The third kappa shape index (κ3) is 3.89. The molecule has 0 aliphatic heterocycles. The third-order valence-electron chi connectivity index (χ3n) is 4.63. The van der Waals surface area contributed by atoms with Crippen molar-refractivity contribution in [2.24, 2.45) is 0 Å². The number of para-hydroxylation sites is 1. The van der Waals surface area contributed by atoms with Gasteiger partial charge in [-0.3, -0.25) is 14.8 Å². The molecule has 1 aromatic carbocycles. The molecule has 134 valence electrons. The predicted octanol–water partition coefficient (Wildman–Crippen LogP) is 2.81. The van der Waals surface area contributed by atoms with E-state index in [1.807, 2.05) is 50.2 Å². The molecule has 0 spiro atoms. The highest BCUT2D eigenvalue weighted by atomic mass is 16.3. The molecule has 3 rings (SSSR count). The average molecular weight is 349 g/mol. The van der Waals surface area contributed by atoms with Crippen molar-refractivity contribution in [2.75, 3.05) is 13.2 Å². The Morgan fingerprint density at radius 3 is 2.69 bits per heavy atom. The van der Waals surface area contributed by atoms with Crippen LogP contribution in [-0.4, -0.2) is 39.0 Å². The van der Waals surface area contributed by atoms with Crippen molar-refractivity contribution in [3.63, 3.8) is 0 Å². The van der Waals surface area contributed by atoms with Crippen LogP contribution < -0.4 is 0 Å². The van der Waals surface area contributed by atoms with Gasteiger partial charge >= 0.3 is 0 Å². The van der Waals surface area contributed by atoms with Gasteiger partial charge in [0.25, 0.3) is 0 Å². The molecule has 0 unspecified atom stereocenters. The van der Waals surface area contributed by atoms with Gasteiger partial charge in [0, 0.05) is 36.6 Å². The van der Waals surface area contributed by atoms with Crippen LogP contribution in [0.1, 0.15) is 22.4 Å². The summed E-state index contributed by atoms with van der Waals surface area (Å²) < 4.78 is 0. The van der Waals surface area contributed by atoms with Gasteiger partial charge in [0.1, 0.15) is 0 Å². The second-order valence-electron chi connectivity index (χ2n) is 6.39. The second kappa shape index (κ2) is 8.06. The molecular weight excluding hydrogens is 326 g/mol. The van der Waals surface area contributed by atoms with Crippen LogP contribution in [0.15, 0.2) is 48.8 Å². The number of fused-ring (bicyclic) bond motifs is 1. The first-order chi connectivity index (χ1) is 12.6. The number of hydrogen-bond acceptors (Lipinski definition) is 4. The summed E-state index contributed by atoms with van der Waals surface area (Å²) in [5.41, 5.74) is 4.81. The first-order valence-corrected chi connectivity index (χ1v) is 8.72. The summed E-state index contributed by atoms with van der Waals surface area (Å²) in [6.45, 7) is 4.65. The zero-order valence-electron chi connectivity index (χ0n) is 15.1. The van der Waals surface area contributed by atoms with E-state index < -0.39 is 0 Å². The first-order valence-electron chi connectivity index (χ1n) is 8.72. The fourth-order valence-electron chi connectivity index (χ4n) is 3.22. The van der Waals surface area contributed by atoms with Crippen molar-refractivity contribution in [2.45, 2.75) is 26.8 Å². The molecule has 0 saturated carbocycles. The standard InChI is InChI=1S/C21H23N3O2/c1-15-18-7-3-4-8-20(18)23-16(2)19(15)12-21(26)24(10-11-25)14-17-6-5-9-22-13-17/h3-9,13,25H,10-12,14H2,1-2H3. The molecule has 0 radical (unpaired) electrons. The molecule has 26 heavy (non-hydrogen) atoms. The average Bonchev–Trinajstić information content (AvgIpc) is 2.65. The van der Waals surface area contributed by atoms with E-state index in [9.17, 15) is 9.90 Å². The number of amides is 1. The molecular formula is C21H23N3O2. The smallest absolute Gasteiger partial charge is 0.227 e. The Kier molecular flexibility index (Phi) is 5.58. The molecule has 2 heterocycles. The maximum atomic E-state index is 12.9. The van der Waals surface area contributed by atoms with Gasteiger partial charge in [0.05, 0.1) is 18.5 Å². The fourth-order valence-corrected chi connectivity index (χ4v) is 3.22. The van der Waals surface area contributed by atoms with Gasteiger partial charge in [-0.05, 0) is 42.7 Å². The molecule has 0 bridgehead atoms. The van der Waals surface area contributed by atoms with E-state index >= 15 is 0 Å². The Morgan fingerprint density at radius 1 is 1.15 bits per heavy atom. The van der Waals surface area contributed by atoms with Crippen LogP contribution in [0.25, 0.3) is 10.9 Å². The topological polar surface area (TPSA) is 66.3 Å². The normalized spacial score (nSPS) is 10.9. The number of carbonyl (C=O) groups is 1. The highest BCUT2D eigenvalue weighted by Gasteiger charge is 2.18. The Bertz CT molecular complexity index is 910. The highest BCUT2D eigenvalue weighted by Crippen LogP contribution is 2.23. The molecule has 0 atom stereocenters. The molecule has 5 nitrogen and oxygen atoms in total. The number of pyridine rings is 2. The van der Waals surface area contributed by atoms with Crippen molar-refractivity contribution < 1.29 is 9.90 Å². The van der Waals surface area contributed by atoms with E-state index in [1.165, 1.54) is 0 Å². The highest BCUT2D eigenvalue weighted by molar-refractivity contribution is 5.86. The molecule has 1 N–H and O–H groups in total. The van der Waals surface area contributed by atoms with Crippen molar-refractivity contribution in [1.82, 2.24) is 14.9 Å². The molecule has 0 fully saturated rings. The van der Waals surface area contributed by atoms with Crippen LogP contribution in [0.5, 0.6) is 0 Å². The lowest BCUT2D eigenvalue weighted by molar-refractivity contribution is -0.131. The van der Waals surface area contributed by atoms with Gasteiger partial charge in [-0.1, -0.05) is 24.3 Å². The minimum absolute atomic E-state index is 0.0221. The molecule has 3 aromatic rings. The van der Waals surface area contributed by atoms with Crippen molar-refractivity contribution in [3.8, 4) is 0 Å². The monoisotopic (exact) mass is 349 g/mol. The number of nitrogens with zero attached hydrogens (tertiary/aromatic N) is 3. The van der Waals surface area contributed by atoms with Gasteiger partial charge in [-0.25, -0.2) is 0 Å². The Balaban J connectivity index is 1.86. The summed E-state index contributed by atoms with van der Waals surface area (Å²) in [5.74, 6) is -0.0221. The Labute approximate surface area is 153 Å². The number of aromatic nitrogens is 2. The van der Waals surface area contributed by atoms with Crippen LogP contribution in [0.2, 0.25) is 0 Å². The number of aliphatic hydroxyl groups excluding tert-OH is 1. The molecule has 5 heteroatoms. The minimum atomic E-state index is -0.0695. The molecule has 2 aromatic heterocycles. The molecule has 0 aliphatic rings. The summed E-state index contributed by atoms with van der Waals surface area (Å²) in [6.07, 6.45) is 3.72. The number of hydrogen-bond donors (Lipinski definition) is 1. The number of benzene rings is 1. The summed E-state index contributed by atoms with van der Waals surface area (Å²) in [4.78, 5) is 23.3. The van der Waals surface area contributed by atoms with Crippen molar-refractivity contribution in [3.05, 3.63) is 71.2 Å². The third-order valence-corrected chi connectivity index (χ3v) is 4.63. The SMILES string of the molecule is Cc1nc2ccccc2c(C)c1CC(=O)N(CCO)Cc1cccnc1. The van der Waals surface area contributed by atoms with E-state index in [2.05, 4.69) is 9.97 Å². The summed E-state index contributed by atoms with van der Waals surface area (Å²) in [5, 5.41) is 10.4. The first kappa shape index (κ1) is 18.0. The largest absolute Gasteiger partial charge is 0.395 e. The fraction of sp³-hybridized carbons (Fsp3) is 0.286. The van der Waals surface area contributed by atoms with Crippen molar-refractivity contribution >= 4 is 16.8 Å². The lowest BCUT2D eigenvalue weighted by Crippen LogP contribution is -2.34. The quantitative estimate of drug-likeness (QED) is 0.743. The molecule has 1 amide bonds. The molecule has 0 aliphatic carbocycles. The van der Waals surface area contributed by atoms with Gasteiger partial charge in [-0.15, -0.1) is 0 Å². The number of carbonyl (C=O) groups excluding carboxylic acids is 1. The zero-order valence-corrected chi connectivity index (χ0v) is 15.1. The van der Waals surface area contributed by atoms with Gasteiger partial charge in [-0.2, -0.15) is 0 Å². The van der Waals surface area contributed by atoms with E-state index in [0.717, 1.165) is 33.3 Å². The summed E-state index contributed by atoms with van der Waals surface area (Å²) >= 11 is 0. The van der Waals surface area contributed by atoms with Crippen molar-refractivity contribution in [1.29, 1.82) is 0 Å². The number of rotatable bonds is 6. The van der Waals surface area contributed by atoms with Crippen LogP contribution in [0.4, 0.5) is 0 Å². The lowest BCUT2D eigenvalue weighted by atomic mass is 9.99. The van der Waals surface area contributed by atoms with E-state index in [1.54, 1.807) is 17.3 Å². The number of aliphatic hydroxyl groups is 1. The van der Waals surface area contributed by atoms with Crippen LogP contribution in [0, 0.1) is 13.8 Å². The lowest BCUT2D eigenvalue weighted by Gasteiger charge is -2.23. The zero-order chi connectivity index (χ0) is 18.5. The van der Waals surface area contributed by atoms with Crippen LogP contribution in [-0.2, 0) is 17.8 Å². The Hall–Kier alpha value is -2.79. The number of aryl methyl sites for hydroxylation is 2. The minimum Gasteiger partial charge on any atom is -0.395 e. The predicted molar refractivity (Wildman–Crippen MR) is 102 cm³/mol. The van der Waals surface area contributed by atoms with E-state index in [-0.39, 0.29) is 18.9 Å². The Morgan fingerprint density at radius 2 is 1.96 bits per heavy atom. The second-order valence-corrected chi connectivity index (χ2v) is 6.39. The maximum absolute atomic E-state index is 12.9. The van der Waals surface area contributed by atoms with Crippen LogP contribution >= 0.6 is 0 Å². The summed E-state index contributed by atoms with van der Waals surface area (Å²) in [6, 6.07) is 11.7. The van der Waals surface area contributed by atoms with Gasteiger partial charge in [0.2, 0.25) is 5.91 Å².